The van der Waals surface area contributed by atoms with Crippen LogP contribution < -0.4 is 0 Å². The maximum Gasteiger partial charge on any atom is 0.306 e. The van der Waals surface area contributed by atoms with E-state index >= 15 is 0 Å². The van der Waals surface area contributed by atoms with Gasteiger partial charge in [0.2, 0.25) is 0 Å². The highest BCUT2D eigenvalue weighted by Crippen LogP contribution is 2.17. The van der Waals surface area contributed by atoms with Gasteiger partial charge in [-0.05, 0) is 30.5 Å². The molecule has 0 saturated carbocycles. The van der Waals surface area contributed by atoms with Crippen molar-refractivity contribution in [2.45, 2.75) is 26.2 Å². The topological polar surface area (TPSA) is 37.3 Å². The Balaban J connectivity index is 2.65. The van der Waals surface area contributed by atoms with Crippen LogP contribution in [-0.2, 0) is 11.2 Å². The molecular weight excluding hydrogens is 256 g/mol. The molecule has 15 heavy (non-hydrogen) atoms. The van der Waals surface area contributed by atoms with Crippen LogP contribution in [0, 0.1) is 5.92 Å². The Hall–Kier alpha value is -0.830. The van der Waals surface area contributed by atoms with Crippen molar-refractivity contribution in [2.75, 3.05) is 0 Å². The number of halogens is 1. The first-order valence-electron chi connectivity index (χ1n) is 5.10. The highest BCUT2D eigenvalue weighted by Gasteiger charge is 2.16. The van der Waals surface area contributed by atoms with Crippen molar-refractivity contribution in [3.63, 3.8) is 0 Å². The van der Waals surface area contributed by atoms with Crippen LogP contribution in [0.3, 0.4) is 0 Å². The fraction of sp³-hybridized carbons (Fsp3) is 0.417. The van der Waals surface area contributed by atoms with Crippen molar-refractivity contribution in [1.82, 2.24) is 0 Å². The summed E-state index contributed by atoms with van der Waals surface area (Å²) in [6.07, 6.45) is 2.27. The van der Waals surface area contributed by atoms with Crippen LogP contribution in [0.4, 0.5) is 0 Å². The van der Waals surface area contributed by atoms with E-state index in [0.29, 0.717) is 6.42 Å². The summed E-state index contributed by atoms with van der Waals surface area (Å²) in [5.41, 5.74) is 1.08. The number of hydrogen-bond acceptors (Lipinski definition) is 1. The highest BCUT2D eigenvalue weighted by atomic mass is 79.9. The zero-order chi connectivity index (χ0) is 11.3. The average molecular weight is 271 g/mol. The Labute approximate surface area is 98.4 Å². The maximum atomic E-state index is 11.0. The van der Waals surface area contributed by atoms with Gasteiger partial charge in [0.1, 0.15) is 0 Å². The molecule has 82 valence electrons. The van der Waals surface area contributed by atoms with Crippen molar-refractivity contribution in [1.29, 1.82) is 0 Å². The number of carboxylic acid groups (broad SMARTS) is 1. The molecule has 3 heteroatoms. The molecule has 0 spiro atoms. The van der Waals surface area contributed by atoms with Crippen LogP contribution in [-0.4, -0.2) is 11.1 Å². The molecule has 0 amide bonds. The number of aliphatic carboxylic acids is 1. The molecule has 0 saturated heterocycles. The standard InChI is InChI=1S/C12H15BrO2/c1-2-3-10(12(14)15)8-9-4-6-11(13)7-5-9/h4-7,10H,2-3,8H2,1H3,(H,14,15). The van der Waals surface area contributed by atoms with E-state index in [1.54, 1.807) is 0 Å². The molecular formula is C12H15BrO2. The predicted molar refractivity (Wildman–Crippen MR) is 63.9 cm³/mol. The maximum absolute atomic E-state index is 11.0. The summed E-state index contributed by atoms with van der Waals surface area (Å²) < 4.78 is 1.02. The summed E-state index contributed by atoms with van der Waals surface area (Å²) in [5.74, 6) is -0.948. The van der Waals surface area contributed by atoms with E-state index < -0.39 is 5.97 Å². The first-order valence-corrected chi connectivity index (χ1v) is 5.90. The van der Waals surface area contributed by atoms with Gasteiger partial charge in [0.25, 0.3) is 0 Å². The molecule has 0 aliphatic heterocycles. The second-order valence-electron chi connectivity index (χ2n) is 3.65. The average Bonchev–Trinajstić information content (AvgIpc) is 2.20. The van der Waals surface area contributed by atoms with E-state index in [0.717, 1.165) is 22.9 Å². The molecule has 0 aliphatic rings. The Morgan fingerprint density at radius 1 is 1.40 bits per heavy atom. The minimum Gasteiger partial charge on any atom is -0.481 e. The zero-order valence-corrected chi connectivity index (χ0v) is 10.3. The summed E-state index contributed by atoms with van der Waals surface area (Å²) in [6, 6.07) is 7.83. The van der Waals surface area contributed by atoms with Crippen LogP contribution in [0.1, 0.15) is 25.3 Å². The lowest BCUT2D eigenvalue weighted by atomic mass is 9.95. The van der Waals surface area contributed by atoms with Gasteiger partial charge in [0.05, 0.1) is 5.92 Å². The molecule has 0 fully saturated rings. The summed E-state index contributed by atoms with van der Waals surface area (Å²) in [5, 5.41) is 9.01. The van der Waals surface area contributed by atoms with Gasteiger partial charge in [-0.25, -0.2) is 0 Å². The fourth-order valence-electron chi connectivity index (χ4n) is 1.57. The Kier molecular flexibility index (Phi) is 4.82. The Morgan fingerprint density at radius 2 is 2.00 bits per heavy atom. The van der Waals surface area contributed by atoms with Crippen LogP contribution >= 0.6 is 15.9 Å². The third-order valence-corrected chi connectivity index (χ3v) is 2.91. The quantitative estimate of drug-likeness (QED) is 0.890. The molecule has 1 rings (SSSR count). The van der Waals surface area contributed by atoms with Crippen LogP contribution in [0.5, 0.6) is 0 Å². The van der Waals surface area contributed by atoms with Crippen molar-refractivity contribution in [2.24, 2.45) is 5.92 Å². The lowest BCUT2D eigenvalue weighted by Gasteiger charge is -2.10. The molecule has 1 unspecified atom stereocenters. The first kappa shape index (κ1) is 12.2. The minimum atomic E-state index is -0.695. The smallest absolute Gasteiger partial charge is 0.306 e. The van der Waals surface area contributed by atoms with Gasteiger partial charge >= 0.3 is 5.97 Å². The SMILES string of the molecule is CCCC(Cc1ccc(Br)cc1)C(=O)O. The lowest BCUT2D eigenvalue weighted by Crippen LogP contribution is -2.16. The van der Waals surface area contributed by atoms with E-state index in [1.165, 1.54) is 0 Å². The second-order valence-corrected chi connectivity index (χ2v) is 4.57. The lowest BCUT2D eigenvalue weighted by molar-refractivity contribution is -0.141. The van der Waals surface area contributed by atoms with Crippen molar-refractivity contribution >= 4 is 21.9 Å². The number of carboxylic acids is 1. The zero-order valence-electron chi connectivity index (χ0n) is 8.74. The largest absolute Gasteiger partial charge is 0.481 e. The summed E-state index contributed by atoms with van der Waals surface area (Å²) >= 11 is 3.36. The molecule has 0 aromatic heterocycles. The van der Waals surface area contributed by atoms with Crippen LogP contribution in [0.15, 0.2) is 28.7 Å². The van der Waals surface area contributed by atoms with Gasteiger partial charge < -0.3 is 5.11 Å². The second kappa shape index (κ2) is 5.91. The van der Waals surface area contributed by atoms with Crippen molar-refractivity contribution < 1.29 is 9.90 Å². The molecule has 1 aromatic rings. The normalized spacial score (nSPS) is 12.4. The molecule has 1 atom stereocenters. The monoisotopic (exact) mass is 270 g/mol. The number of carbonyl (C=O) groups is 1. The van der Waals surface area contributed by atoms with E-state index in [2.05, 4.69) is 15.9 Å². The summed E-state index contributed by atoms with van der Waals surface area (Å²) in [4.78, 5) is 11.0. The summed E-state index contributed by atoms with van der Waals surface area (Å²) in [7, 11) is 0. The first-order chi connectivity index (χ1) is 7.13. The molecule has 0 heterocycles. The predicted octanol–water partition coefficient (Wildman–Crippen LogP) is 3.49. The Bertz CT molecular complexity index is 319. The van der Waals surface area contributed by atoms with Gasteiger partial charge in [-0.1, -0.05) is 41.4 Å². The molecule has 0 bridgehead atoms. The van der Waals surface area contributed by atoms with Gasteiger partial charge in [0, 0.05) is 4.47 Å². The number of benzene rings is 1. The molecule has 0 radical (unpaired) electrons. The molecule has 2 nitrogen and oxygen atoms in total. The molecule has 0 aliphatic carbocycles. The van der Waals surface area contributed by atoms with E-state index in [4.69, 9.17) is 5.11 Å². The van der Waals surface area contributed by atoms with Gasteiger partial charge in [-0.15, -0.1) is 0 Å². The third-order valence-electron chi connectivity index (χ3n) is 2.38. The van der Waals surface area contributed by atoms with Crippen LogP contribution in [0.25, 0.3) is 0 Å². The number of rotatable bonds is 5. The summed E-state index contributed by atoms with van der Waals surface area (Å²) in [6.45, 7) is 2.01. The van der Waals surface area contributed by atoms with E-state index in [9.17, 15) is 4.79 Å². The third kappa shape index (κ3) is 4.04. The number of hydrogen-bond donors (Lipinski definition) is 1. The van der Waals surface area contributed by atoms with Gasteiger partial charge in [-0.2, -0.15) is 0 Å². The van der Waals surface area contributed by atoms with Crippen molar-refractivity contribution in [3.8, 4) is 0 Å². The highest BCUT2D eigenvalue weighted by molar-refractivity contribution is 9.10. The van der Waals surface area contributed by atoms with Crippen LogP contribution in [0.2, 0.25) is 0 Å². The fourth-order valence-corrected chi connectivity index (χ4v) is 1.83. The molecule has 1 aromatic carbocycles. The van der Waals surface area contributed by atoms with E-state index in [-0.39, 0.29) is 5.92 Å². The van der Waals surface area contributed by atoms with Gasteiger partial charge in [-0.3, -0.25) is 4.79 Å². The van der Waals surface area contributed by atoms with E-state index in [1.807, 2.05) is 31.2 Å². The minimum absolute atomic E-state index is 0.254. The van der Waals surface area contributed by atoms with Gasteiger partial charge in [0.15, 0.2) is 0 Å². The molecule has 1 N–H and O–H groups in total. The Morgan fingerprint density at radius 3 is 2.47 bits per heavy atom. The van der Waals surface area contributed by atoms with Crippen molar-refractivity contribution in [3.05, 3.63) is 34.3 Å².